The molecular weight excluding hydrogens is 1130 g/mol. The highest BCUT2D eigenvalue weighted by atomic mass is 32.1. The van der Waals surface area contributed by atoms with Crippen LogP contribution >= 0.6 is 45.3 Å². The molecule has 10 heteroatoms. The molecule has 0 bridgehead atoms. The first-order chi connectivity index (χ1) is 44.8. The quantitative estimate of drug-likeness (QED) is 0.176. The first-order valence-corrected chi connectivity index (χ1v) is 31.6. The van der Waals surface area contributed by atoms with Crippen LogP contribution in [-0.4, -0.2) is 29.1 Å². The number of nitrogens with zero attached hydrogens (tertiary/aromatic N) is 6. The zero-order valence-corrected chi connectivity index (χ0v) is 48.4. The number of rotatable bonds is 4. The minimum atomic E-state index is -0.435. The third kappa shape index (κ3) is 6.92. The van der Waals surface area contributed by atoms with E-state index in [-0.39, 0.29) is 17.6 Å². The van der Waals surface area contributed by atoms with Crippen LogP contribution in [0.1, 0.15) is 6.85 Å². The first-order valence-electron chi connectivity index (χ1n) is 30.8. The van der Waals surface area contributed by atoms with E-state index in [1.54, 1.807) is 22.7 Å². The molecular formula is C76H42N6S4. The fourth-order valence-electron chi connectivity index (χ4n) is 13.4. The first kappa shape index (κ1) is 43.4. The van der Waals surface area contributed by atoms with Crippen molar-refractivity contribution < 1.29 is 6.85 Å². The molecule has 6 nitrogen and oxygen atoms in total. The summed E-state index contributed by atoms with van der Waals surface area (Å²) in [5.41, 5.74) is 6.61. The fraction of sp³-hybridized carbons (Fsp3) is 0. The second kappa shape index (κ2) is 18.6. The Balaban J connectivity index is 0.000000131. The third-order valence-corrected chi connectivity index (χ3v) is 21.5. The van der Waals surface area contributed by atoms with Gasteiger partial charge in [0.25, 0.3) is 0 Å². The molecule has 0 amide bonds. The fourth-order valence-corrected chi connectivity index (χ4v) is 18.1. The van der Waals surface area contributed by atoms with Gasteiger partial charge in [-0.15, -0.1) is 45.3 Å². The summed E-state index contributed by atoms with van der Waals surface area (Å²) in [6.07, 6.45) is 0. The van der Waals surface area contributed by atoms with Gasteiger partial charge < -0.3 is 0 Å². The molecule has 20 rings (SSSR count). The Morgan fingerprint density at radius 1 is 0.279 bits per heavy atom. The minimum absolute atomic E-state index is 0.0649. The maximum atomic E-state index is 8.94. The lowest BCUT2D eigenvalue weighted by Gasteiger charge is -2.12. The molecule has 0 fully saturated rings. The maximum Gasteiger partial charge on any atom is 0.236 e. The molecule has 0 saturated carbocycles. The summed E-state index contributed by atoms with van der Waals surface area (Å²) in [5, 5.41) is 18.2. The normalized spacial score (nSPS) is 13.0. The zero-order valence-electron chi connectivity index (χ0n) is 50.2. The zero-order chi connectivity index (χ0) is 60.5. The molecule has 8 heterocycles. The van der Waals surface area contributed by atoms with Gasteiger partial charge in [-0.3, -0.25) is 9.13 Å². The molecule has 0 atom stereocenters. The highest BCUT2D eigenvalue weighted by molar-refractivity contribution is 7.27. The minimum Gasteiger partial charge on any atom is -0.277 e. The van der Waals surface area contributed by atoms with E-state index in [9.17, 15) is 0 Å². The van der Waals surface area contributed by atoms with Crippen LogP contribution in [0.3, 0.4) is 0 Å². The summed E-state index contributed by atoms with van der Waals surface area (Å²) in [5.74, 6) is 1.08. The van der Waals surface area contributed by atoms with Crippen molar-refractivity contribution in [1.82, 2.24) is 29.1 Å². The molecule has 12 aromatic carbocycles. The molecule has 0 aliphatic carbocycles. The van der Waals surface area contributed by atoms with E-state index < -0.39 is 18.1 Å². The SMILES string of the molecule is [2H]c1c([2H])c([2H])c(-c2nc(-n3c4ccccc4c4c5c6ccccc6sc5c5ccccc5c43)nc3sc4ccccc4c23)c([2H])c1[2H].c1ccc(-c2nc(-n3c4ccccc4c4c5c6ccccc6sc5c5ccccc5c43)nc3sc4ccccc4c23)cc1. The Kier molecular flexibility index (Phi) is 9.42. The van der Waals surface area contributed by atoms with Crippen LogP contribution in [0.15, 0.2) is 255 Å². The van der Waals surface area contributed by atoms with Crippen molar-refractivity contribution in [3.63, 3.8) is 0 Å². The third-order valence-electron chi connectivity index (χ3n) is 16.9. The largest absolute Gasteiger partial charge is 0.277 e. The molecule has 20 aromatic rings. The van der Waals surface area contributed by atoms with Gasteiger partial charge in [0.1, 0.15) is 9.66 Å². The number of aromatic nitrogens is 6. The van der Waals surface area contributed by atoms with Crippen LogP contribution < -0.4 is 0 Å². The van der Waals surface area contributed by atoms with Crippen molar-refractivity contribution in [1.29, 1.82) is 0 Å². The van der Waals surface area contributed by atoms with Crippen molar-refractivity contribution in [3.05, 3.63) is 255 Å². The predicted molar refractivity (Wildman–Crippen MR) is 370 cm³/mol. The van der Waals surface area contributed by atoms with Gasteiger partial charge in [0.05, 0.1) is 40.3 Å². The monoisotopic (exact) mass is 1170 g/mol. The smallest absolute Gasteiger partial charge is 0.236 e. The van der Waals surface area contributed by atoms with Crippen molar-refractivity contribution in [2.24, 2.45) is 0 Å². The number of benzene rings is 12. The van der Waals surface area contributed by atoms with E-state index in [4.69, 9.17) is 26.8 Å². The lowest BCUT2D eigenvalue weighted by atomic mass is 10.00. The Morgan fingerprint density at radius 3 is 1.08 bits per heavy atom. The molecule has 0 aliphatic rings. The van der Waals surface area contributed by atoms with Gasteiger partial charge in [0.2, 0.25) is 11.9 Å². The van der Waals surface area contributed by atoms with Crippen LogP contribution in [0.2, 0.25) is 0 Å². The van der Waals surface area contributed by atoms with E-state index in [1.165, 1.54) is 83.3 Å². The van der Waals surface area contributed by atoms with Gasteiger partial charge in [-0.05, 0) is 36.4 Å². The van der Waals surface area contributed by atoms with Crippen LogP contribution in [0.5, 0.6) is 0 Å². The number of hydrogen-bond acceptors (Lipinski definition) is 8. The van der Waals surface area contributed by atoms with Crippen LogP contribution in [0, 0.1) is 0 Å². The van der Waals surface area contributed by atoms with E-state index in [0.29, 0.717) is 27.8 Å². The second-order valence-electron chi connectivity index (χ2n) is 21.5. The molecule has 0 radical (unpaired) electrons. The average molecular weight is 1170 g/mol. The van der Waals surface area contributed by atoms with Gasteiger partial charge in [0, 0.05) is 126 Å². The van der Waals surface area contributed by atoms with Crippen LogP contribution in [0.4, 0.5) is 0 Å². The maximum absolute atomic E-state index is 8.94. The van der Waals surface area contributed by atoms with Gasteiger partial charge in [-0.25, -0.2) is 19.9 Å². The highest BCUT2D eigenvalue weighted by Gasteiger charge is 2.27. The average Bonchev–Trinajstić information content (AvgIpc) is 1.55. The topological polar surface area (TPSA) is 61.4 Å². The van der Waals surface area contributed by atoms with Crippen molar-refractivity contribution in [2.45, 2.75) is 0 Å². The molecule has 400 valence electrons. The van der Waals surface area contributed by atoms with Crippen LogP contribution in [0.25, 0.3) is 181 Å². The van der Waals surface area contributed by atoms with Crippen LogP contribution in [-0.2, 0) is 0 Å². The van der Waals surface area contributed by atoms with Gasteiger partial charge in [-0.1, -0.05) is 218 Å². The summed E-state index contributed by atoms with van der Waals surface area (Å²) in [6, 6.07) is 76.8. The Morgan fingerprint density at radius 2 is 0.628 bits per heavy atom. The summed E-state index contributed by atoms with van der Waals surface area (Å²) in [7, 11) is 0. The lowest BCUT2D eigenvalue weighted by molar-refractivity contribution is 1.02. The predicted octanol–water partition coefficient (Wildman–Crippen LogP) is 22.3. The standard InChI is InChI=1S/2C38H21N3S2/c2*1-2-12-22(13-3-1)34-33-27-18-8-11-21-30(27)43-37(33)40-38(39-34)41-28-19-9-6-16-25(28)31-32-26-17-7-10-20-29(26)42-36(32)24-15-5-4-14-23(24)35(31)41/h2*1-21H/i1D,2D,3D,12D,13D;. The van der Waals surface area contributed by atoms with Gasteiger partial charge in [0.15, 0.2) is 0 Å². The molecule has 0 unspecified atom stereocenters. The van der Waals surface area contributed by atoms with Crippen molar-refractivity contribution >= 4 is 191 Å². The number of hydrogen-bond donors (Lipinski definition) is 0. The molecule has 0 aliphatic heterocycles. The summed E-state index contributed by atoms with van der Waals surface area (Å²) < 4.78 is 54.8. The molecule has 0 saturated heterocycles. The summed E-state index contributed by atoms with van der Waals surface area (Å²) in [4.78, 5) is 22.9. The molecule has 0 N–H and O–H groups in total. The number of para-hydroxylation sites is 2. The Labute approximate surface area is 513 Å². The highest BCUT2D eigenvalue weighted by Crippen LogP contribution is 2.51. The van der Waals surface area contributed by atoms with E-state index in [2.05, 4.69) is 203 Å². The lowest BCUT2D eigenvalue weighted by Crippen LogP contribution is -2.03. The van der Waals surface area contributed by atoms with Gasteiger partial charge in [-0.2, -0.15) is 0 Å². The van der Waals surface area contributed by atoms with Crippen molar-refractivity contribution in [3.8, 4) is 34.4 Å². The Hall–Kier alpha value is -10.2. The molecule has 86 heavy (non-hydrogen) atoms. The van der Waals surface area contributed by atoms with Gasteiger partial charge >= 0.3 is 0 Å². The molecule has 8 aromatic heterocycles. The Bertz CT molecular complexity index is 6530. The summed E-state index contributed by atoms with van der Waals surface area (Å²) in [6.45, 7) is 0. The second-order valence-corrected chi connectivity index (χ2v) is 25.7. The van der Waals surface area contributed by atoms with Crippen molar-refractivity contribution in [2.75, 3.05) is 0 Å². The van der Waals surface area contributed by atoms with E-state index in [0.717, 1.165) is 75.2 Å². The molecule has 0 spiro atoms. The van der Waals surface area contributed by atoms with E-state index >= 15 is 0 Å². The number of thiophene rings is 4. The number of fused-ring (bicyclic) bond motifs is 26. The summed E-state index contributed by atoms with van der Waals surface area (Å²) >= 11 is 6.93. The van der Waals surface area contributed by atoms with E-state index in [1.807, 2.05) is 41.7 Å².